The van der Waals surface area contributed by atoms with Gasteiger partial charge in [-0.3, -0.25) is 5.10 Å². The molecule has 0 spiro atoms. The Balaban J connectivity index is 1.90. The number of rotatable bonds is 4. The molecule has 2 heterocycles. The molecule has 3 rings (SSSR count). The highest BCUT2D eigenvalue weighted by Gasteiger charge is 2.12. The second-order valence-corrected chi connectivity index (χ2v) is 5.49. The molecule has 0 aliphatic rings. The molecule has 1 aromatic carbocycles. The molecule has 0 bridgehead atoms. The molecule has 0 fully saturated rings. The fourth-order valence-corrected chi connectivity index (χ4v) is 2.86. The van der Waals surface area contributed by atoms with Crippen LogP contribution < -0.4 is 5.32 Å². The van der Waals surface area contributed by atoms with Crippen LogP contribution in [0.4, 0.5) is 5.69 Å². The van der Waals surface area contributed by atoms with Crippen LogP contribution in [0, 0.1) is 6.92 Å². The molecule has 4 nitrogen and oxygen atoms in total. The Bertz CT molecular complexity index is 687. The minimum absolute atomic E-state index is 0.252. The fourth-order valence-electron chi connectivity index (χ4n) is 2.11. The number of para-hydroxylation sites is 1. The van der Waals surface area contributed by atoms with E-state index in [0.717, 1.165) is 22.9 Å². The van der Waals surface area contributed by atoms with Crippen molar-refractivity contribution in [1.82, 2.24) is 15.2 Å². The Morgan fingerprint density at radius 1 is 1.25 bits per heavy atom. The molecule has 0 radical (unpaired) electrons. The van der Waals surface area contributed by atoms with Crippen LogP contribution in [0.2, 0.25) is 0 Å². The normalized spacial score (nSPS) is 12.3. The van der Waals surface area contributed by atoms with Crippen molar-refractivity contribution in [2.75, 3.05) is 5.32 Å². The summed E-state index contributed by atoms with van der Waals surface area (Å²) in [6, 6.07) is 10.5. The standard InChI is InChI=1S/C15H16N4S/c1-10(12-7-8-20-9-12)16-14-6-4-3-5-13(14)15-17-11(2)18-19-15/h3-10,16H,1-2H3,(H,17,18,19). The summed E-state index contributed by atoms with van der Waals surface area (Å²) in [7, 11) is 0. The fraction of sp³-hybridized carbons (Fsp3) is 0.200. The molecule has 0 aliphatic carbocycles. The summed E-state index contributed by atoms with van der Waals surface area (Å²) in [5.74, 6) is 1.55. The van der Waals surface area contributed by atoms with E-state index in [2.05, 4.69) is 50.3 Å². The van der Waals surface area contributed by atoms with Crippen molar-refractivity contribution in [2.45, 2.75) is 19.9 Å². The number of nitrogens with zero attached hydrogens (tertiary/aromatic N) is 2. The van der Waals surface area contributed by atoms with Crippen molar-refractivity contribution in [3.8, 4) is 11.4 Å². The first-order chi connectivity index (χ1) is 9.74. The van der Waals surface area contributed by atoms with Gasteiger partial charge in [0.05, 0.1) is 0 Å². The molecule has 20 heavy (non-hydrogen) atoms. The first-order valence-electron chi connectivity index (χ1n) is 6.51. The van der Waals surface area contributed by atoms with Gasteiger partial charge in [-0.2, -0.15) is 16.4 Å². The van der Waals surface area contributed by atoms with E-state index >= 15 is 0 Å². The topological polar surface area (TPSA) is 53.6 Å². The summed E-state index contributed by atoms with van der Waals surface area (Å²) in [5.41, 5.74) is 3.35. The third-order valence-corrected chi connectivity index (χ3v) is 3.88. The lowest BCUT2D eigenvalue weighted by Crippen LogP contribution is -2.06. The van der Waals surface area contributed by atoms with Crippen LogP contribution in [-0.4, -0.2) is 15.2 Å². The predicted molar refractivity (Wildman–Crippen MR) is 82.9 cm³/mol. The lowest BCUT2D eigenvalue weighted by molar-refractivity contribution is 0.890. The van der Waals surface area contributed by atoms with Crippen molar-refractivity contribution >= 4 is 17.0 Å². The highest BCUT2D eigenvalue weighted by Crippen LogP contribution is 2.28. The first kappa shape index (κ1) is 12.9. The molecular formula is C15H16N4S. The van der Waals surface area contributed by atoms with Crippen LogP contribution in [0.1, 0.15) is 24.4 Å². The largest absolute Gasteiger partial charge is 0.378 e. The van der Waals surface area contributed by atoms with Gasteiger partial charge in [0.15, 0.2) is 5.82 Å². The van der Waals surface area contributed by atoms with Gasteiger partial charge < -0.3 is 5.32 Å². The Labute approximate surface area is 121 Å². The van der Waals surface area contributed by atoms with Crippen molar-refractivity contribution in [3.05, 3.63) is 52.5 Å². The Kier molecular flexibility index (Phi) is 3.52. The Morgan fingerprint density at radius 3 is 2.80 bits per heavy atom. The minimum Gasteiger partial charge on any atom is -0.378 e. The van der Waals surface area contributed by atoms with Crippen molar-refractivity contribution in [2.24, 2.45) is 0 Å². The van der Waals surface area contributed by atoms with Crippen molar-refractivity contribution < 1.29 is 0 Å². The SMILES string of the molecule is Cc1nc(-c2ccccc2NC(C)c2ccsc2)n[nH]1. The average molecular weight is 284 g/mol. The van der Waals surface area contributed by atoms with Crippen LogP contribution >= 0.6 is 11.3 Å². The Hall–Kier alpha value is -2.14. The summed E-state index contributed by atoms with van der Waals surface area (Å²) >= 11 is 1.71. The molecule has 2 aromatic heterocycles. The maximum atomic E-state index is 4.41. The maximum Gasteiger partial charge on any atom is 0.183 e. The van der Waals surface area contributed by atoms with Crippen molar-refractivity contribution in [1.29, 1.82) is 0 Å². The molecular weight excluding hydrogens is 268 g/mol. The second kappa shape index (κ2) is 5.46. The zero-order valence-electron chi connectivity index (χ0n) is 11.4. The van der Waals surface area contributed by atoms with E-state index in [1.807, 2.05) is 25.1 Å². The van der Waals surface area contributed by atoms with Gasteiger partial charge in [0, 0.05) is 17.3 Å². The van der Waals surface area contributed by atoms with Gasteiger partial charge in [0.25, 0.3) is 0 Å². The summed E-state index contributed by atoms with van der Waals surface area (Å²) in [6.07, 6.45) is 0. The number of hydrogen-bond acceptors (Lipinski definition) is 4. The molecule has 102 valence electrons. The number of thiophene rings is 1. The average Bonchev–Trinajstić information content (AvgIpc) is 3.10. The lowest BCUT2D eigenvalue weighted by Gasteiger charge is -2.16. The molecule has 5 heteroatoms. The number of H-pyrrole nitrogens is 1. The van der Waals surface area contributed by atoms with E-state index in [-0.39, 0.29) is 6.04 Å². The smallest absolute Gasteiger partial charge is 0.183 e. The molecule has 1 atom stereocenters. The van der Waals surface area contributed by atoms with E-state index < -0.39 is 0 Å². The van der Waals surface area contributed by atoms with Gasteiger partial charge >= 0.3 is 0 Å². The van der Waals surface area contributed by atoms with E-state index in [1.165, 1.54) is 5.56 Å². The van der Waals surface area contributed by atoms with E-state index in [0.29, 0.717) is 0 Å². The van der Waals surface area contributed by atoms with Gasteiger partial charge in [-0.15, -0.1) is 0 Å². The molecule has 0 amide bonds. The summed E-state index contributed by atoms with van der Waals surface area (Å²) in [5, 5.41) is 14.9. The van der Waals surface area contributed by atoms with Crippen molar-refractivity contribution in [3.63, 3.8) is 0 Å². The lowest BCUT2D eigenvalue weighted by atomic mass is 10.1. The van der Waals surface area contributed by atoms with Crippen LogP contribution in [0.15, 0.2) is 41.1 Å². The highest BCUT2D eigenvalue weighted by atomic mass is 32.1. The summed E-state index contributed by atoms with van der Waals surface area (Å²) in [4.78, 5) is 4.41. The van der Waals surface area contributed by atoms with E-state index in [9.17, 15) is 0 Å². The minimum atomic E-state index is 0.252. The van der Waals surface area contributed by atoms with Gasteiger partial charge in [-0.25, -0.2) is 4.98 Å². The third-order valence-electron chi connectivity index (χ3n) is 3.18. The second-order valence-electron chi connectivity index (χ2n) is 4.71. The van der Waals surface area contributed by atoms with Gasteiger partial charge in [-0.1, -0.05) is 12.1 Å². The highest BCUT2D eigenvalue weighted by molar-refractivity contribution is 7.07. The van der Waals surface area contributed by atoms with Crippen LogP contribution in [-0.2, 0) is 0 Å². The first-order valence-corrected chi connectivity index (χ1v) is 7.45. The van der Waals surface area contributed by atoms with Gasteiger partial charge in [-0.05, 0) is 48.4 Å². The zero-order valence-corrected chi connectivity index (χ0v) is 12.2. The van der Waals surface area contributed by atoms with E-state index in [4.69, 9.17) is 0 Å². The molecule has 0 aliphatic heterocycles. The molecule has 1 unspecified atom stereocenters. The van der Waals surface area contributed by atoms with Crippen LogP contribution in [0.3, 0.4) is 0 Å². The van der Waals surface area contributed by atoms with Crippen LogP contribution in [0.25, 0.3) is 11.4 Å². The number of anilines is 1. The van der Waals surface area contributed by atoms with E-state index in [1.54, 1.807) is 11.3 Å². The van der Waals surface area contributed by atoms with Crippen LogP contribution in [0.5, 0.6) is 0 Å². The molecule has 2 N–H and O–H groups in total. The third kappa shape index (κ3) is 2.58. The number of aryl methyl sites for hydroxylation is 1. The molecule has 0 saturated carbocycles. The number of nitrogens with one attached hydrogen (secondary N) is 2. The quantitative estimate of drug-likeness (QED) is 0.761. The Morgan fingerprint density at radius 2 is 2.10 bits per heavy atom. The predicted octanol–water partition coefficient (Wildman–Crippen LogP) is 4.01. The zero-order chi connectivity index (χ0) is 13.9. The summed E-state index contributed by atoms with van der Waals surface area (Å²) in [6.45, 7) is 4.06. The monoisotopic (exact) mass is 284 g/mol. The number of benzene rings is 1. The maximum absolute atomic E-state index is 4.41. The molecule has 3 aromatic rings. The number of hydrogen-bond donors (Lipinski definition) is 2. The number of aromatic amines is 1. The summed E-state index contributed by atoms with van der Waals surface area (Å²) < 4.78 is 0. The van der Waals surface area contributed by atoms with Gasteiger partial charge in [0.2, 0.25) is 0 Å². The molecule has 0 saturated heterocycles. The number of aromatic nitrogens is 3. The van der Waals surface area contributed by atoms with Gasteiger partial charge in [0.1, 0.15) is 5.82 Å².